The summed E-state index contributed by atoms with van der Waals surface area (Å²) in [4.78, 5) is 12.0. The first-order chi connectivity index (χ1) is 9.09. The van der Waals surface area contributed by atoms with Gasteiger partial charge in [0.05, 0.1) is 5.56 Å². The molecule has 1 heterocycles. The summed E-state index contributed by atoms with van der Waals surface area (Å²) in [5.74, 6) is 0.278. The number of nitrogens with one attached hydrogen (secondary N) is 2. The van der Waals surface area contributed by atoms with Gasteiger partial charge in [-0.3, -0.25) is 4.79 Å². The predicted octanol–water partition coefficient (Wildman–Crippen LogP) is 2.11. The van der Waals surface area contributed by atoms with E-state index in [0.29, 0.717) is 23.9 Å². The number of carbonyl (C=O) groups is 1. The van der Waals surface area contributed by atoms with E-state index >= 15 is 0 Å². The summed E-state index contributed by atoms with van der Waals surface area (Å²) in [5, 5.41) is 6.19. The summed E-state index contributed by atoms with van der Waals surface area (Å²) < 4.78 is 13.8. The molecule has 104 valence electrons. The number of rotatable bonds is 3. The van der Waals surface area contributed by atoms with Crippen molar-refractivity contribution in [3.8, 4) is 0 Å². The van der Waals surface area contributed by atoms with Crippen LogP contribution in [0.4, 0.5) is 4.39 Å². The zero-order valence-electron chi connectivity index (χ0n) is 11.5. The summed E-state index contributed by atoms with van der Waals surface area (Å²) in [6, 6.07) is 4.91. The molecule has 3 nitrogen and oxygen atoms in total. The highest BCUT2D eigenvalue weighted by atomic mass is 19.1. The van der Waals surface area contributed by atoms with Gasteiger partial charge in [-0.1, -0.05) is 19.1 Å². The van der Waals surface area contributed by atoms with Crippen LogP contribution in [0.2, 0.25) is 0 Å². The lowest BCUT2D eigenvalue weighted by atomic mass is 9.88. The smallest absolute Gasteiger partial charge is 0.254 e. The van der Waals surface area contributed by atoms with Crippen molar-refractivity contribution in [2.75, 3.05) is 19.6 Å². The molecule has 1 fully saturated rings. The fraction of sp³-hybridized carbons (Fsp3) is 0.533. The first kappa shape index (κ1) is 14.0. The third-order valence-electron chi connectivity index (χ3n) is 3.92. The molecule has 1 amide bonds. The zero-order valence-corrected chi connectivity index (χ0v) is 11.5. The Labute approximate surface area is 113 Å². The van der Waals surface area contributed by atoms with E-state index in [-0.39, 0.29) is 11.5 Å². The van der Waals surface area contributed by atoms with Crippen molar-refractivity contribution in [2.24, 2.45) is 11.8 Å². The van der Waals surface area contributed by atoms with Gasteiger partial charge in [0.25, 0.3) is 5.91 Å². The molecule has 1 aromatic rings. The van der Waals surface area contributed by atoms with Crippen LogP contribution >= 0.6 is 0 Å². The van der Waals surface area contributed by atoms with Crippen LogP contribution in [0.1, 0.15) is 29.3 Å². The Balaban J connectivity index is 1.95. The Morgan fingerprint density at radius 2 is 2.32 bits per heavy atom. The topological polar surface area (TPSA) is 41.1 Å². The van der Waals surface area contributed by atoms with Crippen molar-refractivity contribution >= 4 is 5.91 Å². The van der Waals surface area contributed by atoms with Gasteiger partial charge in [-0.2, -0.15) is 0 Å². The summed E-state index contributed by atoms with van der Waals surface area (Å²) >= 11 is 0. The van der Waals surface area contributed by atoms with Crippen LogP contribution in [0.15, 0.2) is 18.2 Å². The monoisotopic (exact) mass is 264 g/mol. The Morgan fingerprint density at radius 1 is 1.53 bits per heavy atom. The van der Waals surface area contributed by atoms with E-state index in [2.05, 4.69) is 17.6 Å². The van der Waals surface area contributed by atoms with Gasteiger partial charge in [-0.05, 0) is 49.9 Å². The largest absolute Gasteiger partial charge is 0.352 e. The van der Waals surface area contributed by atoms with Gasteiger partial charge < -0.3 is 10.6 Å². The molecule has 0 radical (unpaired) electrons. The number of benzene rings is 1. The standard InChI is InChI=1S/C15H21FN2O/c1-10-4-3-5-13(14(10)16)15(19)18-9-12-6-7-17-8-11(12)2/h3-5,11-12,17H,6-9H2,1-2H3,(H,18,19). The lowest BCUT2D eigenvalue weighted by Gasteiger charge is -2.29. The quantitative estimate of drug-likeness (QED) is 0.878. The van der Waals surface area contributed by atoms with Gasteiger partial charge in [0, 0.05) is 6.54 Å². The molecule has 0 bridgehead atoms. The minimum absolute atomic E-state index is 0.140. The van der Waals surface area contributed by atoms with Gasteiger partial charge in [-0.15, -0.1) is 0 Å². The molecular formula is C15H21FN2O. The van der Waals surface area contributed by atoms with Crippen LogP contribution in [0.3, 0.4) is 0 Å². The number of piperidine rings is 1. The van der Waals surface area contributed by atoms with Gasteiger partial charge in [0.2, 0.25) is 0 Å². The molecule has 2 atom stereocenters. The molecule has 1 aliphatic heterocycles. The van der Waals surface area contributed by atoms with Crippen LogP contribution in [-0.4, -0.2) is 25.5 Å². The maximum Gasteiger partial charge on any atom is 0.254 e. The van der Waals surface area contributed by atoms with Crippen molar-refractivity contribution < 1.29 is 9.18 Å². The summed E-state index contributed by atoms with van der Waals surface area (Å²) in [6.45, 7) is 6.44. The molecule has 0 saturated carbocycles. The first-order valence-corrected chi connectivity index (χ1v) is 6.83. The normalized spacial score (nSPS) is 23.1. The molecule has 1 aromatic carbocycles. The average molecular weight is 264 g/mol. The summed E-state index contributed by atoms with van der Waals surface area (Å²) in [5.41, 5.74) is 0.643. The maximum atomic E-state index is 13.8. The van der Waals surface area contributed by atoms with E-state index in [1.807, 2.05) is 0 Å². The summed E-state index contributed by atoms with van der Waals surface area (Å²) in [7, 11) is 0. The third-order valence-corrected chi connectivity index (χ3v) is 3.92. The van der Waals surface area contributed by atoms with E-state index in [9.17, 15) is 9.18 Å². The Bertz CT molecular complexity index is 461. The molecule has 1 saturated heterocycles. The van der Waals surface area contributed by atoms with Crippen molar-refractivity contribution in [3.05, 3.63) is 35.1 Å². The molecule has 4 heteroatoms. The molecule has 0 spiro atoms. The third kappa shape index (κ3) is 3.32. The van der Waals surface area contributed by atoms with Crippen molar-refractivity contribution in [2.45, 2.75) is 20.3 Å². The van der Waals surface area contributed by atoms with Gasteiger partial charge in [0.15, 0.2) is 0 Å². The van der Waals surface area contributed by atoms with E-state index in [0.717, 1.165) is 19.5 Å². The van der Waals surface area contributed by atoms with Gasteiger partial charge >= 0.3 is 0 Å². The Morgan fingerprint density at radius 3 is 3.05 bits per heavy atom. The SMILES string of the molecule is Cc1cccc(C(=O)NCC2CCNCC2C)c1F. The van der Waals surface area contributed by atoms with E-state index in [1.54, 1.807) is 19.1 Å². The number of halogens is 1. The van der Waals surface area contributed by atoms with Crippen LogP contribution < -0.4 is 10.6 Å². The highest BCUT2D eigenvalue weighted by molar-refractivity contribution is 5.94. The molecule has 1 aliphatic rings. The van der Waals surface area contributed by atoms with Gasteiger partial charge in [-0.25, -0.2) is 4.39 Å². The highest BCUT2D eigenvalue weighted by Crippen LogP contribution is 2.18. The summed E-state index contributed by atoms with van der Waals surface area (Å²) in [6.07, 6.45) is 1.05. The van der Waals surface area contributed by atoms with Crippen molar-refractivity contribution in [1.82, 2.24) is 10.6 Å². The minimum Gasteiger partial charge on any atom is -0.352 e. The zero-order chi connectivity index (χ0) is 13.8. The number of hydrogen-bond donors (Lipinski definition) is 2. The van der Waals surface area contributed by atoms with Crippen LogP contribution in [0.5, 0.6) is 0 Å². The van der Waals surface area contributed by atoms with E-state index < -0.39 is 5.82 Å². The molecule has 0 aliphatic carbocycles. The predicted molar refractivity (Wildman–Crippen MR) is 73.6 cm³/mol. The van der Waals surface area contributed by atoms with Crippen molar-refractivity contribution in [3.63, 3.8) is 0 Å². The average Bonchev–Trinajstić information content (AvgIpc) is 2.40. The second kappa shape index (κ2) is 6.15. The van der Waals surface area contributed by atoms with E-state index in [4.69, 9.17) is 0 Å². The number of carbonyl (C=O) groups excluding carboxylic acids is 1. The Kier molecular flexibility index (Phi) is 4.53. The van der Waals surface area contributed by atoms with Crippen LogP contribution in [0, 0.1) is 24.6 Å². The Hall–Kier alpha value is -1.42. The molecule has 2 unspecified atom stereocenters. The lowest BCUT2D eigenvalue weighted by molar-refractivity contribution is 0.0934. The van der Waals surface area contributed by atoms with E-state index in [1.165, 1.54) is 6.07 Å². The van der Waals surface area contributed by atoms with Crippen molar-refractivity contribution in [1.29, 1.82) is 0 Å². The number of amides is 1. The second-order valence-electron chi connectivity index (χ2n) is 5.38. The first-order valence-electron chi connectivity index (χ1n) is 6.83. The molecular weight excluding hydrogens is 243 g/mol. The fourth-order valence-corrected chi connectivity index (χ4v) is 2.51. The molecule has 0 aromatic heterocycles. The molecule has 2 N–H and O–H groups in total. The van der Waals surface area contributed by atoms with Gasteiger partial charge in [0.1, 0.15) is 5.82 Å². The number of hydrogen-bond acceptors (Lipinski definition) is 2. The lowest BCUT2D eigenvalue weighted by Crippen LogP contribution is -2.41. The fourth-order valence-electron chi connectivity index (χ4n) is 2.51. The molecule has 2 rings (SSSR count). The highest BCUT2D eigenvalue weighted by Gasteiger charge is 2.22. The van der Waals surface area contributed by atoms with Crippen LogP contribution in [0.25, 0.3) is 0 Å². The van der Waals surface area contributed by atoms with Crippen LogP contribution in [-0.2, 0) is 0 Å². The minimum atomic E-state index is -0.418. The maximum absolute atomic E-state index is 13.8. The second-order valence-corrected chi connectivity index (χ2v) is 5.38. The number of aryl methyl sites for hydroxylation is 1. The molecule has 19 heavy (non-hydrogen) atoms.